The normalized spacial score (nSPS) is 10.5. The van der Waals surface area contributed by atoms with Crippen molar-refractivity contribution in [2.24, 2.45) is 0 Å². The van der Waals surface area contributed by atoms with Crippen LogP contribution in [0.4, 0.5) is 17.6 Å². The Kier molecular flexibility index (Phi) is 4.32. The van der Waals surface area contributed by atoms with Gasteiger partial charge in [0.2, 0.25) is 0 Å². The molecule has 0 heterocycles. The first-order chi connectivity index (χ1) is 8.34. The second-order valence-electron chi connectivity index (χ2n) is 3.24. The van der Waals surface area contributed by atoms with Gasteiger partial charge in [-0.1, -0.05) is 11.8 Å². The third-order valence-electron chi connectivity index (χ3n) is 1.97. The maximum Gasteiger partial charge on any atom is 0.417 e. The minimum atomic E-state index is -4.62. The highest BCUT2D eigenvalue weighted by Gasteiger charge is 2.33. The molecule has 0 fully saturated rings. The van der Waals surface area contributed by atoms with E-state index in [0.717, 1.165) is 7.11 Å². The average Bonchev–Trinajstić information content (AvgIpc) is 2.27. The van der Waals surface area contributed by atoms with Crippen LogP contribution in [0.25, 0.3) is 0 Å². The van der Waals surface area contributed by atoms with E-state index < -0.39 is 29.1 Å². The molecule has 6 heteroatoms. The maximum atomic E-state index is 12.9. The molecule has 0 unspecified atom stereocenters. The summed E-state index contributed by atoms with van der Waals surface area (Å²) in [7, 11) is 1.13. The van der Waals surface area contributed by atoms with Crippen LogP contribution in [0.3, 0.4) is 0 Å². The van der Waals surface area contributed by atoms with Crippen molar-refractivity contribution in [1.29, 1.82) is 0 Å². The van der Waals surface area contributed by atoms with Gasteiger partial charge in [-0.25, -0.2) is 4.39 Å². The lowest BCUT2D eigenvalue weighted by molar-refractivity contribution is -0.139. The van der Waals surface area contributed by atoms with Crippen molar-refractivity contribution in [1.82, 2.24) is 0 Å². The van der Waals surface area contributed by atoms with E-state index in [2.05, 4.69) is 16.6 Å². The van der Waals surface area contributed by atoms with Crippen molar-refractivity contribution in [2.45, 2.75) is 12.6 Å². The second kappa shape index (κ2) is 5.54. The molecule has 0 aliphatic carbocycles. The third kappa shape index (κ3) is 3.77. The quantitative estimate of drug-likeness (QED) is 0.441. The highest BCUT2D eigenvalue weighted by molar-refractivity contribution is 5.72. The van der Waals surface area contributed by atoms with Gasteiger partial charge in [0.25, 0.3) is 0 Å². The van der Waals surface area contributed by atoms with Gasteiger partial charge in [-0.2, -0.15) is 13.2 Å². The summed E-state index contributed by atoms with van der Waals surface area (Å²) in [6.07, 6.45) is -4.98. The van der Waals surface area contributed by atoms with E-state index in [0.29, 0.717) is 18.2 Å². The van der Waals surface area contributed by atoms with Gasteiger partial charge in [-0.15, -0.1) is 0 Å². The van der Waals surface area contributed by atoms with Gasteiger partial charge in [0.05, 0.1) is 12.7 Å². The molecule has 0 saturated carbocycles. The summed E-state index contributed by atoms with van der Waals surface area (Å²) < 4.78 is 54.8. The molecule has 0 bridgehead atoms. The third-order valence-corrected chi connectivity index (χ3v) is 1.97. The predicted octanol–water partition coefficient (Wildman–Crippen LogP) is 2.76. The van der Waals surface area contributed by atoms with Crippen molar-refractivity contribution < 1.29 is 27.1 Å². The van der Waals surface area contributed by atoms with E-state index >= 15 is 0 Å². The highest BCUT2D eigenvalue weighted by Crippen LogP contribution is 2.31. The van der Waals surface area contributed by atoms with Crippen molar-refractivity contribution in [3.05, 3.63) is 35.1 Å². The molecule has 0 saturated heterocycles. The number of benzene rings is 1. The molecule has 2 nitrogen and oxygen atoms in total. The van der Waals surface area contributed by atoms with Gasteiger partial charge < -0.3 is 4.74 Å². The Bertz CT molecular complexity index is 509. The fraction of sp³-hybridized carbons (Fsp3) is 0.250. The van der Waals surface area contributed by atoms with Crippen LogP contribution in [0.1, 0.15) is 17.5 Å². The van der Waals surface area contributed by atoms with Crippen molar-refractivity contribution in [3.8, 4) is 11.8 Å². The molecule has 0 radical (unpaired) electrons. The summed E-state index contributed by atoms with van der Waals surface area (Å²) in [5.74, 6) is 2.81. The Hall–Kier alpha value is -2.03. The molecular formula is C12H8F4O2. The molecule has 1 rings (SSSR count). The average molecular weight is 260 g/mol. The number of rotatable bonds is 1. The van der Waals surface area contributed by atoms with Crippen LogP contribution in [0.5, 0.6) is 0 Å². The Labute approximate surface area is 101 Å². The minimum Gasteiger partial charge on any atom is -0.468 e. The number of carbonyl (C=O) groups excluding carboxylic acids is 1. The minimum absolute atomic E-state index is 0.357. The topological polar surface area (TPSA) is 26.3 Å². The molecule has 0 amide bonds. The van der Waals surface area contributed by atoms with E-state index in [1.807, 2.05) is 0 Å². The number of hydrogen-bond acceptors (Lipinski definition) is 2. The largest absolute Gasteiger partial charge is 0.468 e. The van der Waals surface area contributed by atoms with E-state index in [1.54, 1.807) is 0 Å². The van der Waals surface area contributed by atoms with Crippen molar-refractivity contribution in [3.63, 3.8) is 0 Å². The number of hydrogen-bond donors (Lipinski definition) is 0. The number of esters is 1. The van der Waals surface area contributed by atoms with Gasteiger partial charge in [-0.05, 0) is 18.2 Å². The molecule has 96 valence electrons. The molecule has 0 aromatic heterocycles. The van der Waals surface area contributed by atoms with Gasteiger partial charge in [0.15, 0.2) is 0 Å². The second-order valence-corrected chi connectivity index (χ2v) is 3.24. The summed E-state index contributed by atoms with van der Waals surface area (Å²) >= 11 is 0. The van der Waals surface area contributed by atoms with Gasteiger partial charge in [0.1, 0.15) is 12.2 Å². The zero-order valence-corrected chi connectivity index (χ0v) is 9.27. The molecule has 0 atom stereocenters. The first-order valence-electron chi connectivity index (χ1n) is 4.77. The SMILES string of the molecule is COC(=O)CC#Cc1cc(F)ccc1C(F)(F)F. The summed E-state index contributed by atoms with van der Waals surface area (Å²) in [6, 6.07) is 1.99. The van der Waals surface area contributed by atoms with E-state index in [1.165, 1.54) is 0 Å². The van der Waals surface area contributed by atoms with Gasteiger partial charge >= 0.3 is 12.1 Å². The molecule has 1 aromatic rings. The van der Waals surface area contributed by atoms with Crippen molar-refractivity contribution in [2.75, 3.05) is 7.11 Å². The van der Waals surface area contributed by atoms with E-state index in [-0.39, 0.29) is 6.42 Å². The first-order valence-corrected chi connectivity index (χ1v) is 4.77. The van der Waals surface area contributed by atoms with Crippen LogP contribution in [0.2, 0.25) is 0 Å². The van der Waals surface area contributed by atoms with Crippen LogP contribution >= 0.6 is 0 Å². The van der Waals surface area contributed by atoms with E-state index in [4.69, 9.17) is 0 Å². The van der Waals surface area contributed by atoms with Crippen LogP contribution in [0, 0.1) is 17.7 Å². The molecule has 18 heavy (non-hydrogen) atoms. The smallest absolute Gasteiger partial charge is 0.417 e. The Morgan fingerprint density at radius 3 is 2.61 bits per heavy atom. The first kappa shape index (κ1) is 14.0. The number of methoxy groups -OCH3 is 1. The zero-order chi connectivity index (χ0) is 13.8. The predicted molar refractivity (Wildman–Crippen MR) is 54.9 cm³/mol. The molecule has 0 spiro atoms. The van der Waals surface area contributed by atoms with Gasteiger partial charge in [-0.3, -0.25) is 4.79 Å². The van der Waals surface area contributed by atoms with Crippen LogP contribution in [-0.2, 0) is 15.7 Å². The zero-order valence-electron chi connectivity index (χ0n) is 9.27. The highest BCUT2D eigenvalue weighted by atomic mass is 19.4. The Balaban J connectivity index is 3.07. The fourth-order valence-electron chi connectivity index (χ4n) is 1.15. The fourth-order valence-corrected chi connectivity index (χ4v) is 1.15. The number of halogens is 4. The molecule has 0 aliphatic rings. The monoisotopic (exact) mass is 260 g/mol. The Morgan fingerprint density at radius 2 is 2.06 bits per heavy atom. The van der Waals surface area contributed by atoms with Crippen LogP contribution in [0.15, 0.2) is 18.2 Å². The summed E-state index contributed by atoms with van der Waals surface area (Å²) in [6.45, 7) is 0. The molecular weight excluding hydrogens is 252 g/mol. The summed E-state index contributed by atoms with van der Waals surface area (Å²) in [5.41, 5.74) is -1.55. The number of carbonyl (C=O) groups is 1. The summed E-state index contributed by atoms with van der Waals surface area (Å²) in [4.78, 5) is 10.7. The lowest BCUT2D eigenvalue weighted by atomic mass is 10.1. The van der Waals surface area contributed by atoms with Gasteiger partial charge in [0, 0.05) is 5.56 Å². The lowest BCUT2D eigenvalue weighted by Crippen LogP contribution is -2.08. The molecule has 0 aliphatic heterocycles. The summed E-state index contributed by atoms with van der Waals surface area (Å²) in [5, 5.41) is 0. The lowest BCUT2D eigenvalue weighted by Gasteiger charge is -2.08. The van der Waals surface area contributed by atoms with Crippen LogP contribution in [-0.4, -0.2) is 13.1 Å². The Morgan fingerprint density at radius 1 is 1.39 bits per heavy atom. The van der Waals surface area contributed by atoms with Crippen LogP contribution < -0.4 is 0 Å². The molecule has 0 N–H and O–H groups in total. The molecule has 1 aromatic carbocycles. The van der Waals surface area contributed by atoms with Crippen molar-refractivity contribution >= 4 is 5.97 Å². The maximum absolute atomic E-state index is 12.9. The number of ether oxygens (including phenoxy) is 1. The standard InChI is InChI=1S/C12H8F4O2/c1-18-11(17)4-2-3-8-7-9(13)5-6-10(8)12(14,15)16/h5-7H,4H2,1H3. The number of alkyl halides is 3. The van der Waals surface area contributed by atoms with E-state index in [9.17, 15) is 22.4 Å².